The van der Waals surface area contributed by atoms with Crippen LogP contribution in [-0.2, 0) is 20.8 Å². The molecule has 0 aliphatic rings. The van der Waals surface area contributed by atoms with E-state index < -0.39 is 42.3 Å². The smallest absolute Gasteiger partial charge is 0.321 e. The van der Waals surface area contributed by atoms with E-state index >= 15 is 0 Å². The van der Waals surface area contributed by atoms with E-state index in [9.17, 15) is 19.5 Å². The molecule has 10 nitrogen and oxygen atoms in total. The van der Waals surface area contributed by atoms with Gasteiger partial charge in [0.2, 0.25) is 11.8 Å². The van der Waals surface area contributed by atoms with Crippen molar-refractivity contribution in [3.8, 4) is 5.75 Å². The number of nitrogens with two attached hydrogens (primary N) is 3. The first-order valence-corrected chi connectivity index (χ1v) is 8.03. The quantitative estimate of drug-likeness (QED) is 0.238. The van der Waals surface area contributed by atoms with Gasteiger partial charge in [0.05, 0.1) is 12.5 Å². The summed E-state index contributed by atoms with van der Waals surface area (Å²) in [6.45, 7) is 0.262. The molecule has 1 aromatic carbocycles. The number of nitrogens with one attached hydrogen (secondary N) is 2. The Morgan fingerprint density at radius 3 is 2.12 bits per heavy atom. The largest absolute Gasteiger partial charge is 0.508 e. The zero-order valence-corrected chi connectivity index (χ0v) is 14.2. The van der Waals surface area contributed by atoms with E-state index in [1.165, 1.54) is 12.1 Å². The Morgan fingerprint density at radius 2 is 1.62 bits per heavy atom. The molecule has 144 valence electrons. The molecule has 0 aromatic heterocycles. The van der Waals surface area contributed by atoms with E-state index in [1.807, 2.05) is 0 Å². The molecule has 2 unspecified atom stereocenters. The number of aromatic hydroxyl groups is 1. The van der Waals surface area contributed by atoms with Gasteiger partial charge in [0.15, 0.2) is 0 Å². The molecular formula is C16H25N5O5. The van der Waals surface area contributed by atoms with Crippen molar-refractivity contribution in [1.29, 1.82) is 0 Å². The highest BCUT2D eigenvalue weighted by Crippen LogP contribution is 2.11. The van der Waals surface area contributed by atoms with Crippen molar-refractivity contribution in [3.63, 3.8) is 0 Å². The lowest BCUT2D eigenvalue weighted by molar-refractivity contribution is -0.140. The number of hydrogen-bond donors (Lipinski definition) is 7. The standard InChI is InChI=1S/C16H25N5O5/c17-7-10(8-18)20-15(24)13(5-9-1-3-11(22)4-2-9)21-14(23)6-12(19)16(25)26/h1-4,10,12-13,22H,5-8,17-19H2,(H,20,24)(H,21,23)(H,25,26). The lowest BCUT2D eigenvalue weighted by atomic mass is 10.0. The lowest BCUT2D eigenvalue weighted by Crippen LogP contribution is -2.54. The number of aliphatic carboxylic acids is 1. The van der Waals surface area contributed by atoms with Gasteiger partial charge in [-0.15, -0.1) is 0 Å². The first-order valence-electron chi connectivity index (χ1n) is 8.03. The molecule has 0 aliphatic heterocycles. The molecule has 2 atom stereocenters. The molecule has 10 heteroatoms. The number of rotatable bonds is 10. The molecule has 1 rings (SSSR count). The highest BCUT2D eigenvalue weighted by atomic mass is 16.4. The molecule has 0 aliphatic carbocycles. The fourth-order valence-corrected chi connectivity index (χ4v) is 2.13. The van der Waals surface area contributed by atoms with Crippen molar-refractivity contribution >= 4 is 17.8 Å². The van der Waals surface area contributed by atoms with E-state index in [0.717, 1.165) is 0 Å². The third-order valence-corrected chi connectivity index (χ3v) is 3.67. The lowest BCUT2D eigenvalue weighted by Gasteiger charge is -2.22. The van der Waals surface area contributed by atoms with Crippen LogP contribution >= 0.6 is 0 Å². The second kappa shape index (κ2) is 10.3. The Labute approximate surface area is 150 Å². The van der Waals surface area contributed by atoms with Crippen LogP contribution in [-0.4, -0.2) is 59.2 Å². The number of carbonyl (C=O) groups excluding carboxylic acids is 2. The molecular weight excluding hydrogens is 342 g/mol. The summed E-state index contributed by atoms with van der Waals surface area (Å²) in [4.78, 5) is 35.2. The van der Waals surface area contributed by atoms with Gasteiger partial charge in [-0.1, -0.05) is 12.1 Å². The first kappa shape index (κ1) is 21.4. The molecule has 26 heavy (non-hydrogen) atoms. The van der Waals surface area contributed by atoms with Crippen LogP contribution in [0.15, 0.2) is 24.3 Å². The number of amides is 2. The molecule has 0 spiro atoms. The second-order valence-corrected chi connectivity index (χ2v) is 5.82. The molecule has 0 saturated carbocycles. The maximum absolute atomic E-state index is 12.5. The molecule has 0 heterocycles. The van der Waals surface area contributed by atoms with Crippen molar-refractivity contribution in [3.05, 3.63) is 29.8 Å². The van der Waals surface area contributed by atoms with E-state index in [2.05, 4.69) is 10.6 Å². The van der Waals surface area contributed by atoms with E-state index in [1.54, 1.807) is 12.1 Å². The molecule has 0 bridgehead atoms. The highest BCUT2D eigenvalue weighted by molar-refractivity contribution is 5.90. The Bertz CT molecular complexity index is 618. The van der Waals surface area contributed by atoms with Gasteiger partial charge < -0.3 is 38.0 Å². The fraction of sp³-hybridized carbons (Fsp3) is 0.438. The average molecular weight is 367 g/mol. The first-order chi connectivity index (χ1) is 12.3. The predicted molar refractivity (Wildman–Crippen MR) is 94.0 cm³/mol. The Morgan fingerprint density at radius 1 is 1.04 bits per heavy atom. The van der Waals surface area contributed by atoms with Gasteiger partial charge in [0, 0.05) is 19.5 Å². The predicted octanol–water partition coefficient (Wildman–Crippen LogP) is -2.38. The molecule has 2 amide bonds. The van der Waals surface area contributed by atoms with E-state index in [-0.39, 0.29) is 25.3 Å². The van der Waals surface area contributed by atoms with Gasteiger partial charge >= 0.3 is 5.97 Å². The third kappa shape index (κ3) is 7.05. The van der Waals surface area contributed by atoms with Crippen LogP contribution < -0.4 is 27.8 Å². The monoisotopic (exact) mass is 367 g/mol. The Balaban J connectivity index is 2.86. The average Bonchev–Trinajstić information content (AvgIpc) is 2.60. The fourth-order valence-electron chi connectivity index (χ4n) is 2.13. The summed E-state index contributed by atoms with van der Waals surface area (Å²) in [5, 5.41) is 23.2. The number of phenols is 1. The van der Waals surface area contributed by atoms with Crippen LogP contribution in [0.5, 0.6) is 5.75 Å². The van der Waals surface area contributed by atoms with Gasteiger partial charge in [-0.25, -0.2) is 0 Å². The minimum atomic E-state index is -1.37. The summed E-state index contributed by atoms with van der Waals surface area (Å²) in [5.41, 5.74) is 17.0. The topological polar surface area (TPSA) is 194 Å². The van der Waals surface area contributed by atoms with Crippen LogP contribution in [0.3, 0.4) is 0 Å². The SMILES string of the molecule is NCC(CN)NC(=O)C(Cc1ccc(O)cc1)NC(=O)CC(N)C(=O)O. The zero-order chi connectivity index (χ0) is 19.7. The van der Waals surface area contributed by atoms with Crippen molar-refractivity contribution in [2.75, 3.05) is 13.1 Å². The number of carboxylic acid groups (broad SMARTS) is 1. The number of hydrogen-bond acceptors (Lipinski definition) is 7. The summed E-state index contributed by atoms with van der Waals surface area (Å²) < 4.78 is 0. The van der Waals surface area contributed by atoms with Crippen molar-refractivity contribution in [2.45, 2.75) is 31.0 Å². The summed E-state index contributed by atoms with van der Waals surface area (Å²) in [7, 11) is 0. The van der Waals surface area contributed by atoms with Crippen molar-refractivity contribution < 1.29 is 24.6 Å². The minimum absolute atomic E-state index is 0.0672. The summed E-state index contributed by atoms with van der Waals surface area (Å²) >= 11 is 0. The van der Waals surface area contributed by atoms with Gasteiger partial charge in [0.25, 0.3) is 0 Å². The van der Waals surface area contributed by atoms with Crippen LogP contribution in [0.1, 0.15) is 12.0 Å². The summed E-state index contributed by atoms with van der Waals surface area (Å²) in [6.07, 6.45) is -0.339. The maximum atomic E-state index is 12.5. The third-order valence-electron chi connectivity index (χ3n) is 3.67. The minimum Gasteiger partial charge on any atom is -0.508 e. The molecule has 10 N–H and O–H groups in total. The van der Waals surface area contributed by atoms with Gasteiger partial charge in [-0.05, 0) is 17.7 Å². The van der Waals surface area contributed by atoms with Crippen LogP contribution in [0.4, 0.5) is 0 Å². The molecule has 0 fully saturated rings. The van der Waals surface area contributed by atoms with Crippen molar-refractivity contribution in [2.24, 2.45) is 17.2 Å². The number of carbonyl (C=O) groups is 3. The van der Waals surface area contributed by atoms with Crippen LogP contribution in [0, 0.1) is 0 Å². The summed E-state index contributed by atoms with van der Waals surface area (Å²) in [5.74, 6) is -2.42. The van der Waals surface area contributed by atoms with Crippen molar-refractivity contribution in [1.82, 2.24) is 10.6 Å². The number of phenolic OH excluding ortho intramolecular Hbond substituents is 1. The maximum Gasteiger partial charge on any atom is 0.321 e. The Kier molecular flexibility index (Phi) is 8.49. The van der Waals surface area contributed by atoms with Gasteiger partial charge in [0.1, 0.15) is 17.8 Å². The number of carboxylic acids is 1. The van der Waals surface area contributed by atoms with Crippen LogP contribution in [0.2, 0.25) is 0 Å². The molecule has 1 aromatic rings. The molecule has 0 saturated heterocycles. The highest BCUT2D eigenvalue weighted by Gasteiger charge is 2.25. The van der Waals surface area contributed by atoms with Crippen LogP contribution in [0.25, 0.3) is 0 Å². The summed E-state index contributed by atoms with van der Waals surface area (Å²) in [6, 6.07) is 3.32. The zero-order valence-electron chi connectivity index (χ0n) is 14.2. The van der Waals surface area contributed by atoms with E-state index in [4.69, 9.17) is 22.3 Å². The number of benzene rings is 1. The van der Waals surface area contributed by atoms with Gasteiger partial charge in [-0.2, -0.15) is 0 Å². The van der Waals surface area contributed by atoms with E-state index in [0.29, 0.717) is 5.56 Å². The van der Waals surface area contributed by atoms with Gasteiger partial charge in [-0.3, -0.25) is 14.4 Å². The molecule has 0 radical (unpaired) electrons. The second-order valence-electron chi connectivity index (χ2n) is 5.82. The Hall–Kier alpha value is -2.69. The normalized spacial score (nSPS) is 13.1.